The molecule has 0 aromatic heterocycles. The topological polar surface area (TPSA) is 76.7 Å². The Labute approximate surface area is 192 Å². The zero-order chi connectivity index (χ0) is 22.8. The second-order valence-electron chi connectivity index (χ2n) is 6.88. The Balaban J connectivity index is 1.58. The van der Waals surface area contributed by atoms with Crippen molar-refractivity contribution in [2.45, 2.75) is 23.5 Å². The van der Waals surface area contributed by atoms with Crippen molar-refractivity contribution < 1.29 is 19.1 Å². The number of benzene rings is 3. The Morgan fingerprint density at radius 2 is 1.69 bits per heavy atom. The van der Waals surface area contributed by atoms with Gasteiger partial charge in [0, 0.05) is 10.6 Å². The van der Waals surface area contributed by atoms with Crippen molar-refractivity contribution in [1.29, 1.82) is 0 Å². The molecule has 7 heteroatoms. The summed E-state index contributed by atoms with van der Waals surface area (Å²) in [6, 6.07) is 23.9. The maximum atomic E-state index is 12.8. The minimum absolute atomic E-state index is 0.0831. The van der Waals surface area contributed by atoms with Gasteiger partial charge in [-0.2, -0.15) is 0 Å². The summed E-state index contributed by atoms with van der Waals surface area (Å²) in [5.41, 5.74) is 1.29. The van der Waals surface area contributed by atoms with Crippen molar-refractivity contribution in [2.24, 2.45) is 0 Å². The Morgan fingerprint density at radius 3 is 2.44 bits per heavy atom. The highest BCUT2D eigenvalue weighted by Crippen LogP contribution is 2.30. The highest BCUT2D eigenvalue weighted by molar-refractivity contribution is 8.00. The lowest BCUT2D eigenvalue weighted by Gasteiger charge is -2.17. The first kappa shape index (κ1) is 23.2. The number of carbonyl (C=O) groups excluding carboxylic acids is 2. The van der Waals surface area contributed by atoms with E-state index in [2.05, 4.69) is 10.6 Å². The average Bonchev–Trinajstić information content (AvgIpc) is 2.82. The molecule has 0 saturated carbocycles. The van der Waals surface area contributed by atoms with Crippen LogP contribution in [0.25, 0.3) is 0 Å². The van der Waals surface area contributed by atoms with Crippen molar-refractivity contribution in [3.8, 4) is 11.5 Å². The molecule has 0 saturated heterocycles. The number of methoxy groups -OCH3 is 1. The van der Waals surface area contributed by atoms with Crippen LogP contribution in [0, 0.1) is 0 Å². The molecule has 2 N–H and O–H groups in total. The molecule has 3 aromatic carbocycles. The Hall–Kier alpha value is -3.45. The van der Waals surface area contributed by atoms with Crippen LogP contribution in [-0.2, 0) is 9.59 Å². The predicted molar refractivity (Wildman–Crippen MR) is 129 cm³/mol. The molecule has 3 rings (SSSR count). The van der Waals surface area contributed by atoms with E-state index in [0.717, 1.165) is 4.90 Å². The molecule has 3 aromatic rings. The van der Waals surface area contributed by atoms with Gasteiger partial charge in [0.15, 0.2) is 6.61 Å². The van der Waals surface area contributed by atoms with E-state index < -0.39 is 0 Å². The number of rotatable bonds is 10. The van der Waals surface area contributed by atoms with Crippen LogP contribution in [0.5, 0.6) is 11.5 Å². The molecule has 0 aliphatic carbocycles. The van der Waals surface area contributed by atoms with E-state index in [0.29, 0.717) is 29.3 Å². The van der Waals surface area contributed by atoms with Crippen molar-refractivity contribution in [2.75, 3.05) is 24.4 Å². The molecule has 166 valence electrons. The van der Waals surface area contributed by atoms with Gasteiger partial charge in [0.2, 0.25) is 5.91 Å². The number of hydrogen-bond acceptors (Lipinski definition) is 5. The van der Waals surface area contributed by atoms with Crippen molar-refractivity contribution in [3.63, 3.8) is 0 Å². The molecule has 6 nitrogen and oxygen atoms in total. The molecule has 0 aliphatic rings. The van der Waals surface area contributed by atoms with Gasteiger partial charge in [-0.3, -0.25) is 9.59 Å². The number of carbonyl (C=O) groups is 2. The Bertz CT molecular complexity index is 1040. The van der Waals surface area contributed by atoms with Gasteiger partial charge in [-0.25, -0.2) is 0 Å². The molecule has 0 heterocycles. The Kier molecular flexibility index (Phi) is 8.57. The molecular weight excluding hydrogens is 424 g/mol. The van der Waals surface area contributed by atoms with Crippen LogP contribution < -0.4 is 20.1 Å². The van der Waals surface area contributed by atoms with Gasteiger partial charge in [0.25, 0.3) is 5.91 Å². The van der Waals surface area contributed by atoms with E-state index in [1.165, 1.54) is 11.8 Å². The zero-order valence-corrected chi connectivity index (χ0v) is 18.9. The third-order valence-corrected chi connectivity index (χ3v) is 5.90. The molecule has 0 aliphatic heterocycles. The molecular formula is C25H26N2O4S. The fraction of sp³-hybridized carbons (Fsp3) is 0.200. The second kappa shape index (κ2) is 11.8. The van der Waals surface area contributed by atoms with Crippen LogP contribution in [0.3, 0.4) is 0 Å². The number of nitrogens with one attached hydrogen (secondary N) is 2. The highest BCUT2D eigenvalue weighted by atomic mass is 32.2. The minimum Gasteiger partial charge on any atom is -0.495 e. The van der Waals surface area contributed by atoms with Crippen LogP contribution in [0.15, 0.2) is 83.8 Å². The summed E-state index contributed by atoms with van der Waals surface area (Å²) >= 11 is 1.45. The standard InChI is InChI=1S/C25H26N2O4S/c1-3-23(25(29)27-21-14-7-8-15-22(21)30-2)32-20-13-9-10-18(16-20)26-24(28)17-31-19-11-5-4-6-12-19/h4-16,23H,3,17H2,1-2H3,(H,26,28)(H,27,29). The summed E-state index contributed by atoms with van der Waals surface area (Å²) in [5.74, 6) is 0.895. The van der Waals surface area contributed by atoms with E-state index in [9.17, 15) is 9.59 Å². The second-order valence-corrected chi connectivity index (χ2v) is 8.16. The third-order valence-electron chi connectivity index (χ3n) is 4.54. The zero-order valence-electron chi connectivity index (χ0n) is 18.0. The molecule has 2 amide bonds. The number of thioether (sulfide) groups is 1. The molecule has 0 bridgehead atoms. The highest BCUT2D eigenvalue weighted by Gasteiger charge is 2.19. The van der Waals surface area contributed by atoms with E-state index in [1.807, 2.05) is 61.5 Å². The summed E-state index contributed by atoms with van der Waals surface area (Å²) in [6.45, 7) is 1.88. The molecule has 32 heavy (non-hydrogen) atoms. The summed E-state index contributed by atoms with van der Waals surface area (Å²) in [6.07, 6.45) is 0.646. The predicted octanol–water partition coefficient (Wildman–Crippen LogP) is 5.22. The normalized spacial score (nSPS) is 11.3. The number of anilines is 2. The van der Waals surface area contributed by atoms with Gasteiger partial charge in [-0.1, -0.05) is 43.3 Å². The molecule has 1 unspecified atom stereocenters. The minimum atomic E-state index is -0.299. The fourth-order valence-corrected chi connectivity index (χ4v) is 3.97. The number of para-hydroxylation sites is 3. The van der Waals surface area contributed by atoms with Gasteiger partial charge in [-0.15, -0.1) is 11.8 Å². The van der Waals surface area contributed by atoms with Gasteiger partial charge in [0.1, 0.15) is 11.5 Å². The van der Waals surface area contributed by atoms with Crippen LogP contribution in [0.4, 0.5) is 11.4 Å². The molecule has 0 fully saturated rings. The van der Waals surface area contributed by atoms with Gasteiger partial charge in [0.05, 0.1) is 18.0 Å². The lowest BCUT2D eigenvalue weighted by Crippen LogP contribution is -2.24. The third kappa shape index (κ3) is 6.78. The first-order valence-corrected chi connectivity index (χ1v) is 11.1. The van der Waals surface area contributed by atoms with Gasteiger partial charge in [-0.05, 0) is 48.9 Å². The monoisotopic (exact) mass is 450 g/mol. The van der Waals surface area contributed by atoms with Gasteiger partial charge < -0.3 is 20.1 Å². The largest absolute Gasteiger partial charge is 0.495 e. The van der Waals surface area contributed by atoms with Crippen molar-refractivity contribution in [3.05, 3.63) is 78.9 Å². The van der Waals surface area contributed by atoms with E-state index in [-0.39, 0.29) is 23.7 Å². The number of ether oxygens (including phenoxy) is 2. The fourth-order valence-electron chi connectivity index (χ4n) is 2.96. The van der Waals surface area contributed by atoms with E-state index >= 15 is 0 Å². The van der Waals surface area contributed by atoms with Crippen LogP contribution >= 0.6 is 11.8 Å². The van der Waals surface area contributed by atoms with Crippen LogP contribution in [-0.4, -0.2) is 30.8 Å². The van der Waals surface area contributed by atoms with E-state index in [4.69, 9.17) is 9.47 Å². The number of amides is 2. The maximum absolute atomic E-state index is 12.8. The van der Waals surface area contributed by atoms with Crippen molar-refractivity contribution in [1.82, 2.24) is 0 Å². The first-order valence-electron chi connectivity index (χ1n) is 10.3. The summed E-state index contributed by atoms with van der Waals surface area (Å²) < 4.78 is 10.8. The Morgan fingerprint density at radius 1 is 0.938 bits per heavy atom. The first-order chi connectivity index (χ1) is 15.6. The average molecular weight is 451 g/mol. The SMILES string of the molecule is CCC(Sc1cccc(NC(=O)COc2ccccc2)c1)C(=O)Nc1ccccc1OC. The smallest absolute Gasteiger partial charge is 0.262 e. The lowest BCUT2D eigenvalue weighted by molar-refractivity contribution is -0.118. The van der Waals surface area contributed by atoms with Crippen molar-refractivity contribution >= 4 is 35.0 Å². The van der Waals surface area contributed by atoms with Gasteiger partial charge >= 0.3 is 0 Å². The maximum Gasteiger partial charge on any atom is 0.262 e. The van der Waals surface area contributed by atoms with Crippen LogP contribution in [0.1, 0.15) is 13.3 Å². The number of hydrogen-bond donors (Lipinski definition) is 2. The summed E-state index contributed by atoms with van der Waals surface area (Å²) in [4.78, 5) is 25.9. The molecule has 0 radical (unpaired) electrons. The quantitative estimate of drug-likeness (QED) is 0.414. The summed E-state index contributed by atoms with van der Waals surface area (Å²) in [7, 11) is 1.57. The molecule has 0 spiro atoms. The molecule has 1 atom stereocenters. The van der Waals surface area contributed by atoms with E-state index in [1.54, 1.807) is 31.4 Å². The van der Waals surface area contributed by atoms with Crippen LogP contribution in [0.2, 0.25) is 0 Å². The summed E-state index contributed by atoms with van der Waals surface area (Å²) in [5, 5.41) is 5.48. The lowest BCUT2D eigenvalue weighted by atomic mass is 10.2.